The number of likely N-dealkylation sites (tertiary alicyclic amines) is 1. The van der Waals surface area contributed by atoms with E-state index in [9.17, 15) is 0 Å². The van der Waals surface area contributed by atoms with Crippen molar-refractivity contribution in [3.63, 3.8) is 0 Å². The van der Waals surface area contributed by atoms with Crippen LogP contribution in [0.3, 0.4) is 0 Å². The van der Waals surface area contributed by atoms with Crippen LogP contribution in [0.1, 0.15) is 69.9 Å². The molecule has 0 amide bonds. The summed E-state index contributed by atoms with van der Waals surface area (Å²) in [6.45, 7) is 8.44. The zero-order valence-electron chi connectivity index (χ0n) is 19.6. The number of rotatable bonds is 7. The van der Waals surface area contributed by atoms with Crippen molar-refractivity contribution in [2.75, 3.05) is 39.4 Å². The van der Waals surface area contributed by atoms with E-state index in [2.05, 4.69) is 31.9 Å². The fourth-order valence-corrected chi connectivity index (χ4v) is 4.83. The zero-order valence-corrected chi connectivity index (χ0v) is 22.0. The molecule has 0 aromatic carbocycles. The summed E-state index contributed by atoms with van der Waals surface area (Å²) >= 11 is 0. The maximum absolute atomic E-state index is 6.17. The van der Waals surface area contributed by atoms with Gasteiger partial charge in [0.1, 0.15) is 11.6 Å². The molecule has 182 valence electrons. The van der Waals surface area contributed by atoms with Crippen molar-refractivity contribution in [2.24, 2.45) is 4.99 Å². The molecule has 2 fully saturated rings. The molecule has 3 aliphatic rings. The number of halogens is 1. The molecule has 1 aromatic rings. The second kappa shape index (κ2) is 13.7. The number of hydrogen-bond donors (Lipinski definition) is 1. The molecule has 0 spiro atoms. The average molecular weight is 561 g/mol. The molecule has 4 heterocycles. The normalized spacial score (nSPS) is 22.7. The number of aliphatic imine (C=N–C) groups is 1. The molecule has 3 aliphatic heterocycles. The summed E-state index contributed by atoms with van der Waals surface area (Å²) in [4.78, 5) is 7.30. The lowest BCUT2D eigenvalue weighted by Gasteiger charge is -2.35. The highest BCUT2D eigenvalue weighted by atomic mass is 127. The number of fused-ring (bicyclic) bond motifs is 1. The molecule has 0 bridgehead atoms. The van der Waals surface area contributed by atoms with Gasteiger partial charge < -0.3 is 24.3 Å². The SMILES string of the molecule is CCNC(=NCCc1nnc2n1CCCCC2)N1CCC(OCC2CCCCO2)CC1.I. The van der Waals surface area contributed by atoms with Gasteiger partial charge in [0.25, 0.3) is 0 Å². The van der Waals surface area contributed by atoms with Crippen LogP contribution in [0.2, 0.25) is 0 Å². The van der Waals surface area contributed by atoms with E-state index in [0.29, 0.717) is 12.2 Å². The van der Waals surface area contributed by atoms with E-state index in [1.807, 2.05) is 0 Å². The lowest BCUT2D eigenvalue weighted by molar-refractivity contribution is -0.0721. The standard InChI is InChI=1S/C23H40N6O2.HI/c1-2-24-23(25-13-10-22-27-26-21-9-4-3-6-14-29(21)22)28-15-11-19(12-16-28)31-18-20-8-5-7-17-30-20;/h19-20H,2-18H2,1H3,(H,24,25);1H. The number of guanidine groups is 1. The lowest BCUT2D eigenvalue weighted by Crippen LogP contribution is -2.47. The van der Waals surface area contributed by atoms with Crippen molar-refractivity contribution in [1.82, 2.24) is 25.0 Å². The molecule has 4 rings (SSSR count). The van der Waals surface area contributed by atoms with Gasteiger partial charge in [-0.15, -0.1) is 34.2 Å². The number of nitrogens with one attached hydrogen (secondary N) is 1. The third-order valence-electron chi connectivity index (χ3n) is 6.65. The second-order valence-corrected chi connectivity index (χ2v) is 8.99. The topological polar surface area (TPSA) is 76.8 Å². The van der Waals surface area contributed by atoms with Gasteiger partial charge in [-0.2, -0.15) is 0 Å². The van der Waals surface area contributed by atoms with Crippen molar-refractivity contribution in [3.05, 3.63) is 11.6 Å². The van der Waals surface area contributed by atoms with Crippen molar-refractivity contribution in [1.29, 1.82) is 0 Å². The molecule has 32 heavy (non-hydrogen) atoms. The highest BCUT2D eigenvalue weighted by Crippen LogP contribution is 2.18. The van der Waals surface area contributed by atoms with Gasteiger partial charge in [0.2, 0.25) is 0 Å². The maximum Gasteiger partial charge on any atom is 0.193 e. The molecule has 2 saturated heterocycles. The molecule has 1 atom stereocenters. The summed E-state index contributed by atoms with van der Waals surface area (Å²) in [5, 5.41) is 12.3. The average Bonchev–Trinajstić information content (AvgIpc) is 3.04. The Bertz CT molecular complexity index is 699. The highest BCUT2D eigenvalue weighted by molar-refractivity contribution is 14.0. The summed E-state index contributed by atoms with van der Waals surface area (Å²) in [5.74, 6) is 3.27. The third kappa shape index (κ3) is 7.28. The van der Waals surface area contributed by atoms with Crippen molar-refractivity contribution in [3.8, 4) is 0 Å². The summed E-state index contributed by atoms with van der Waals surface area (Å²) in [6.07, 6.45) is 12.0. The van der Waals surface area contributed by atoms with Crippen molar-refractivity contribution < 1.29 is 9.47 Å². The Morgan fingerprint density at radius 2 is 1.97 bits per heavy atom. The first-order chi connectivity index (χ1) is 15.3. The summed E-state index contributed by atoms with van der Waals surface area (Å²) in [6, 6.07) is 0. The minimum Gasteiger partial charge on any atom is -0.376 e. The number of aryl methyl sites for hydroxylation is 1. The van der Waals surface area contributed by atoms with Crippen molar-refractivity contribution >= 4 is 29.9 Å². The van der Waals surface area contributed by atoms with Crippen LogP contribution < -0.4 is 5.32 Å². The molecule has 0 radical (unpaired) electrons. The maximum atomic E-state index is 6.17. The fourth-order valence-electron chi connectivity index (χ4n) is 4.83. The Balaban J connectivity index is 0.00000289. The van der Waals surface area contributed by atoms with Gasteiger partial charge >= 0.3 is 0 Å². The van der Waals surface area contributed by atoms with Gasteiger partial charge in [-0.3, -0.25) is 4.99 Å². The molecule has 1 N–H and O–H groups in total. The Morgan fingerprint density at radius 1 is 1.09 bits per heavy atom. The van der Waals surface area contributed by atoms with E-state index in [1.54, 1.807) is 0 Å². The predicted molar refractivity (Wildman–Crippen MR) is 137 cm³/mol. The molecular weight excluding hydrogens is 519 g/mol. The number of piperidine rings is 1. The number of nitrogens with zero attached hydrogens (tertiary/aromatic N) is 5. The Hall–Kier alpha value is -0.940. The van der Waals surface area contributed by atoms with Gasteiger partial charge in [0, 0.05) is 52.2 Å². The predicted octanol–water partition coefficient (Wildman–Crippen LogP) is 3.18. The fraction of sp³-hybridized carbons (Fsp3) is 0.870. The Labute approximate surface area is 209 Å². The molecule has 0 aliphatic carbocycles. The van der Waals surface area contributed by atoms with Crippen LogP contribution in [0.15, 0.2) is 4.99 Å². The number of aromatic nitrogens is 3. The highest BCUT2D eigenvalue weighted by Gasteiger charge is 2.24. The molecule has 1 aromatic heterocycles. The van der Waals surface area contributed by atoms with Crippen LogP contribution in [0, 0.1) is 0 Å². The first kappa shape index (κ1) is 25.7. The number of hydrogen-bond acceptors (Lipinski definition) is 5. The van der Waals surface area contributed by atoms with Crippen LogP contribution in [-0.2, 0) is 28.9 Å². The third-order valence-corrected chi connectivity index (χ3v) is 6.65. The number of ether oxygens (including phenoxy) is 2. The molecular formula is C23H41IN6O2. The van der Waals surface area contributed by atoms with Crippen molar-refractivity contribution in [2.45, 2.75) is 89.9 Å². The van der Waals surface area contributed by atoms with E-state index in [1.165, 1.54) is 32.1 Å². The van der Waals surface area contributed by atoms with Crippen LogP contribution >= 0.6 is 24.0 Å². The quantitative estimate of drug-likeness (QED) is 0.314. The van der Waals surface area contributed by atoms with Gasteiger partial charge in [-0.1, -0.05) is 6.42 Å². The molecule has 9 heteroatoms. The summed E-state index contributed by atoms with van der Waals surface area (Å²) in [7, 11) is 0. The van der Waals surface area contributed by atoms with Crippen LogP contribution in [-0.4, -0.2) is 77.2 Å². The van der Waals surface area contributed by atoms with Gasteiger partial charge in [-0.05, 0) is 51.9 Å². The van der Waals surface area contributed by atoms with E-state index in [-0.39, 0.29) is 24.0 Å². The second-order valence-electron chi connectivity index (χ2n) is 8.99. The molecule has 0 saturated carbocycles. The van der Waals surface area contributed by atoms with E-state index < -0.39 is 0 Å². The Kier molecular flexibility index (Phi) is 11.0. The summed E-state index contributed by atoms with van der Waals surface area (Å²) < 4.78 is 14.3. The van der Waals surface area contributed by atoms with E-state index >= 15 is 0 Å². The first-order valence-electron chi connectivity index (χ1n) is 12.5. The molecule has 8 nitrogen and oxygen atoms in total. The van der Waals surface area contributed by atoms with Crippen LogP contribution in [0.25, 0.3) is 0 Å². The van der Waals surface area contributed by atoms with Crippen LogP contribution in [0.5, 0.6) is 0 Å². The van der Waals surface area contributed by atoms with Gasteiger partial charge in [0.15, 0.2) is 5.96 Å². The van der Waals surface area contributed by atoms with Crippen LogP contribution in [0.4, 0.5) is 0 Å². The monoisotopic (exact) mass is 560 g/mol. The first-order valence-corrected chi connectivity index (χ1v) is 12.5. The minimum atomic E-state index is 0. The smallest absolute Gasteiger partial charge is 0.193 e. The molecule has 1 unspecified atom stereocenters. The van der Waals surface area contributed by atoms with Gasteiger partial charge in [-0.25, -0.2) is 0 Å². The van der Waals surface area contributed by atoms with E-state index in [4.69, 9.17) is 14.5 Å². The minimum absolute atomic E-state index is 0. The summed E-state index contributed by atoms with van der Waals surface area (Å²) in [5.41, 5.74) is 0. The zero-order chi connectivity index (χ0) is 21.3. The Morgan fingerprint density at radius 3 is 2.75 bits per heavy atom. The van der Waals surface area contributed by atoms with Gasteiger partial charge in [0.05, 0.1) is 18.8 Å². The largest absolute Gasteiger partial charge is 0.376 e. The lowest BCUT2D eigenvalue weighted by atomic mass is 10.1. The van der Waals surface area contributed by atoms with E-state index in [0.717, 1.165) is 95.7 Å².